The van der Waals surface area contributed by atoms with Gasteiger partial charge in [0.05, 0.1) is 10.7 Å². The number of carbonyl (C=O) groups excluding carboxylic acids is 1. The number of likely N-dealkylation sites (N-methyl/N-ethyl adjacent to an activating group) is 1. The maximum absolute atomic E-state index is 12.6. The number of rotatable bonds is 2. The number of nitrogens with one attached hydrogen (secondary N) is 1. The molecule has 132 valence electrons. The minimum atomic E-state index is -0.0487. The van der Waals surface area contributed by atoms with Crippen molar-refractivity contribution >= 4 is 29.0 Å². The zero-order valence-electron chi connectivity index (χ0n) is 14.8. The predicted molar refractivity (Wildman–Crippen MR) is 100 cm³/mol. The molecule has 6 heteroatoms. The summed E-state index contributed by atoms with van der Waals surface area (Å²) in [5.41, 5.74) is 1.82. The molecule has 3 rings (SSSR count). The summed E-state index contributed by atoms with van der Waals surface area (Å²) < 4.78 is 0. The lowest BCUT2D eigenvalue weighted by Gasteiger charge is -2.43. The minimum Gasteiger partial charge on any atom is -0.370 e. The molecule has 24 heavy (non-hydrogen) atoms. The van der Waals surface area contributed by atoms with Gasteiger partial charge in [-0.3, -0.25) is 4.90 Å². The molecule has 1 N–H and O–H groups in total. The van der Waals surface area contributed by atoms with Crippen LogP contribution in [-0.2, 0) is 0 Å². The smallest absolute Gasteiger partial charge is 0.322 e. The zero-order valence-corrected chi connectivity index (χ0v) is 15.5. The van der Waals surface area contributed by atoms with Gasteiger partial charge < -0.3 is 15.1 Å². The second-order valence-corrected chi connectivity index (χ2v) is 7.35. The first-order valence-corrected chi connectivity index (χ1v) is 9.17. The molecular weight excluding hydrogens is 324 g/mol. The van der Waals surface area contributed by atoms with Crippen LogP contribution >= 0.6 is 11.6 Å². The quantitative estimate of drug-likeness (QED) is 0.887. The molecule has 2 heterocycles. The van der Waals surface area contributed by atoms with Crippen molar-refractivity contribution in [2.75, 3.05) is 43.4 Å². The summed E-state index contributed by atoms with van der Waals surface area (Å²) in [4.78, 5) is 19.1. The van der Waals surface area contributed by atoms with E-state index in [0.717, 1.165) is 37.6 Å². The van der Waals surface area contributed by atoms with Crippen LogP contribution in [0.2, 0.25) is 5.02 Å². The molecule has 2 unspecified atom stereocenters. The third kappa shape index (κ3) is 3.47. The highest BCUT2D eigenvalue weighted by molar-refractivity contribution is 6.33. The van der Waals surface area contributed by atoms with E-state index in [1.807, 2.05) is 23.1 Å². The van der Waals surface area contributed by atoms with Gasteiger partial charge in [0.2, 0.25) is 0 Å². The highest BCUT2D eigenvalue weighted by Crippen LogP contribution is 2.31. The summed E-state index contributed by atoms with van der Waals surface area (Å²) >= 11 is 6.44. The Morgan fingerprint density at radius 1 is 1.12 bits per heavy atom. The molecule has 2 aliphatic rings. The molecular formula is C18H27ClN4O. The van der Waals surface area contributed by atoms with Crippen LogP contribution < -0.4 is 10.2 Å². The van der Waals surface area contributed by atoms with Crippen molar-refractivity contribution in [2.24, 2.45) is 0 Å². The maximum Gasteiger partial charge on any atom is 0.322 e. The molecule has 5 nitrogen and oxygen atoms in total. The van der Waals surface area contributed by atoms with E-state index in [2.05, 4.69) is 36.0 Å². The highest BCUT2D eigenvalue weighted by Gasteiger charge is 2.31. The largest absolute Gasteiger partial charge is 0.370 e. The Labute approximate surface area is 149 Å². The third-order valence-corrected chi connectivity index (χ3v) is 5.79. The molecule has 0 spiro atoms. The normalized spacial score (nSPS) is 25.2. The molecule has 2 saturated heterocycles. The van der Waals surface area contributed by atoms with Gasteiger partial charge in [-0.05, 0) is 51.9 Å². The third-order valence-electron chi connectivity index (χ3n) is 5.49. The van der Waals surface area contributed by atoms with Crippen molar-refractivity contribution in [1.82, 2.24) is 9.80 Å². The van der Waals surface area contributed by atoms with Crippen LogP contribution in [0, 0.1) is 0 Å². The van der Waals surface area contributed by atoms with E-state index >= 15 is 0 Å². The lowest BCUT2D eigenvalue weighted by molar-refractivity contribution is 0.0796. The average molecular weight is 351 g/mol. The van der Waals surface area contributed by atoms with E-state index in [0.29, 0.717) is 11.1 Å². The zero-order chi connectivity index (χ0) is 17.3. The lowest BCUT2D eigenvalue weighted by atomic mass is 10.1. The standard InChI is InChI=1S/C18H27ClN4O/c1-13-14(2)23(11-10-21(13)3)18(24)20-15-6-7-17(16(19)12-15)22-8-4-5-9-22/h6-7,12-14H,4-5,8-11H2,1-3H3,(H,20,24). The fourth-order valence-electron chi connectivity index (χ4n) is 3.58. The number of amides is 2. The minimum absolute atomic E-state index is 0.0487. The maximum atomic E-state index is 12.6. The van der Waals surface area contributed by atoms with Gasteiger partial charge in [0.1, 0.15) is 0 Å². The number of hydrogen-bond acceptors (Lipinski definition) is 3. The Kier molecular flexibility index (Phi) is 5.21. The van der Waals surface area contributed by atoms with Crippen molar-refractivity contribution in [3.8, 4) is 0 Å². The van der Waals surface area contributed by atoms with Crippen LogP contribution in [0.3, 0.4) is 0 Å². The monoisotopic (exact) mass is 350 g/mol. The first kappa shape index (κ1) is 17.4. The van der Waals surface area contributed by atoms with Gasteiger partial charge in [-0.15, -0.1) is 0 Å². The molecule has 0 saturated carbocycles. The average Bonchev–Trinajstić information content (AvgIpc) is 3.07. The van der Waals surface area contributed by atoms with Gasteiger partial charge in [0, 0.05) is 44.0 Å². The fraction of sp³-hybridized carbons (Fsp3) is 0.611. The Hall–Kier alpha value is -1.46. The Balaban J connectivity index is 1.67. The molecule has 2 fully saturated rings. The summed E-state index contributed by atoms with van der Waals surface area (Å²) in [5.74, 6) is 0. The van der Waals surface area contributed by atoms with Gasteiger partial charge in [-0.1, -0.05) is 11.6 Å². The van der Waals surface area contributed by atoms with Crippen molar-refractivity contribution in [3.05, 3.63) is 23.2 Å². The second-order valence-electron chi connectivity index (χ2n) is 6.95. The molecule has 1 aromatic carbocycles. The van der Waals surface area contributed by atoms with Crippen LogP contribution in [0.25, 0.3) is 0 Å². The van der Waals surface area contributed by atoms with E-state index < -0.39 is 0 Å². The van der Waals surface area contributed by atoms with E-state index in [9.17, 15) is 4.79 Å². The number of urea groups is 1. The van der Waals surface area contributed by atoms with Crippen LogP contribution in [-0.4, -0.2) is 61.1 Å². The fourth-order valence-corrected chi connectivity index (χ4v) is 3.88. The van der Waals surface area contributed by atoms with Crippen LogP contribution in [0.4, 0.5) is 16.2 Å². The van der Waals surface area contributed by atoms with Gasteiger partial charge >= 0.3 is 6.03 Å². The van der Waals surface area contributed by atoms with E-state index in [1.54, 1.807) is 0 Å². The van der Waals surface area contributed by atoms with Gasteiger partial charge in [-0.2, -0.15) is 0 Å². The highest BCUT2D eigenvalue weighted by atomic mass is 35.5. The Morgan fingerprint density at radius 3 is 2.50 bits per heavy atom. The number of carbonyl (C=O) groups is 1. The van der Waals surface area contributed by atoms with Crippen molar-refractivity contribution < 1.29 is 4.79 Å². The van der Waals surface area contributed by atoms with E-state index in [-0.39, 0.29) is 12.1 Å². The molecule has 0 radical (unpaired) electrons. The van der Waals surface area contributed by atoms with Crippen LogP contribution in [0.15, 0.2) is 18.2 Å². The lowest BCUT2D eigenvalue weighted by Crippen LogP contribution is -2.58. The summed E-state index contributed by atoms with van der Waals surface area (Å²) in [5, 5.41) is 3.70. The van der Waals surface area contributed by atoms with Gasteiger partial charge in [0.25, 0.3) is 0 Å². The predicted octanol–water partition coefficient (Wildman–Crippen LogP) is 3.50. The number of halogens is 1. The molecule has 0 bridgehead atoms. The Bertz CT molecular complexity index is 603. The SMILES string of the molecule is CC1C(C)N(C(=O)Nc2ccc(N3CCCC3)c(Cl)c2)CCN1C. The summed E-state index contributed by atoms with van der Waals surface area (Å²) in [6.07, 6.45) is 2.43. The Morgan fingerprint density at radius 2 is 1.83 bits per heavy atom. The van der Waals surface area contributed by atoms with Crippen LogP contribution in [0.5, 0.6) is 0 Å². The number of benzene rings is 1. The van der Waals surface area contributed by atoms with Crippen molar-refractivity contribution in [2.45, 2.75) is 38.8 Å². The van der Waals surface area contributed by atoms with E-state index in [4.69, 9.17) is 11.6 Å². The molecule has 1 aromatic rings. The number of piperazine rings is 1. The first-order chi connectivity index (χ1) is 11.5. The van der Waals surface area contributed by atoms with Gasteiger partial charge in [-0.25, -0.2) is 4.79 Å². The summed E-state index contributed by atoms with van der Waals surface area (Å²) in [7, 11) is 2.10. The molecule has 0 aliphatic carbocycles. The van der Waals surface area contributed by atoms with Gasteiger partial charge in [0.15, 0.2) is 0 Å². The second kappa shape index (κ2) is 7.19. The molecule has 0 aromatic heterocycles. The summed E-state index contributed by atoms with van der Waals surface area (Å²) in [6, 6.07) is 6.30. The number of anilines is 2. The van der Waals surface area contributed by atoms with Crippen LogP contribution in [0.1, 0.15) is 26.7 Å². The number of nitrogens with zero attached hydrogens (tertiary/aromatic N) is 3. The first-order valence-electron chi connectivity index (χ1n) is 8.79. The molecule has 2 atom stereocenters. The van der Waals surface area contributed by atoms with E-state index in [1.165, 1.54) is 12.8 Å². The topological polar surface area (TPSA) is 38.8 Å². The summed E-state index contributed by atoms with van der Waals surface area (Å²) in [6.45, 7) is 8.01. The van der Waals surface area contributed by atoms with Crippen molar-refractivity contribution in [1.29, 1.82) is 0 Å². The molecule has 2 aliphatic heterocycles. The number of hydrogen-bond donors (Lipinski definition) is 1. The molecule has 2 amide bonds. The van der Waals surface area contributed by atoms with Crippen molar-refractivity contribution in [3.63, 3.8) is 0 Å².